The van der Waals surface area contributed by atoms with Crippen LogP contribution in [0.3, 0.4) is 0 Å². The summed E-state index contributed by atoms with van der Waals surface area (Å²) < 4.78 is 1.85. The largest absolute Gasteiger partial charge is 0.481 e. The number of nitrogens with zero attached hydrogens (tertiary/aromatic N) is 1. The van der Waals surface area contributed by atoms with Crippen molar-refractivity contribution < 1.29 is 9.90 Å². The van der Waals surface area contributed by atoms with Crippen LogP contribution in [-0.4, -0.2) is 20.6 Å². The summed E-state index contributed by atoms with van der Waals surface area (Å²) >= 11 is 6.60. The van der Waals surface area contributed by atoms with E-state index in [1.165, 1.54) is 38.5 Å². The van der Waals surface area contributed by atoms with Crippen LogP contribution in [-0.2, 0) is 4.79 Å². The number of halogens is 2. The van der Waals surface area contributed by atoms with Gasteiger partial charge in [0.2, 0.25) is 0 Å². The Labute approximate surface area is 115 Å². The molecule has 0 unspecified atom stereocenters. The molecule has 1 N–H and O–H groups in total. The molecule has 0 aliphatic carbocycles. The van der Waals surface area contributed by atoms with Crippen LogP contribution in [0.25, 0.3) is 0 Å². The molecule has 0 amide bonds. The van der Waals surface area contributed by atoms with Crippen molar-refractivity contribution in [2.24, 2.45) is 0 Å². The predicted molar refractivity (Wildman–Crippen MR) is 73.7 cm³/mol. The highest BCUT2D eigenvalue weighted by atomic mass is 79.9. The Morgan fingerprint density at radius 3 is 1.75 bits per heavy atom. The normalized spacial score (nSPS) is 10.9. The number of rotatable bonds is 11. The molecule has 0 spiro atoms. The van der Waals surface area contributed by atoms with Crippen LogP contribution < -0.4 is 0 Å². The lowest BCUT2D eigenvalue weighted by Gasteiger charge is -2.04. The minimum absolute atomic E-state index is 0.326. The molecule has 96 valence electrons. The summed E-state index contributed by atoms with van der Waals surface area (Å²) in [5.41, 5.74) is 0. The third-order valence-corrected chi connectivity index (χ3v) is 3.18. The van der Waals surface area contributed by atoms with Gasteiger partial charge in [-0.15, -0.1) is 0 Å². The van der Waals surface area contributed by atoms with Gasteiger partial charge in [0.25, 0.3) is 0 Å². The third-order valence-electron chi connectivity index (χ3n) is 2.47. The first-order chi connectivity index (χ1) is 7.63. The van der Waals surface area contributed by atoms with Crippen molar-refractivity contribution in [3.05, 3.63) is 0 Å². The van der Waals surface area contributed by atoms with Crippen LogP contribution in [0.15, 0.2) is 0 Å². The summed E-state index contributed by atoms with van der Waals surface area (Å²) in [5.74, 6) is -0.672. The monoisotopic (exact) mass is 357 g/mol. The molecule has 0 rings (SSSR count). The van der Waals surface area contributed by atoms with Crippen LogP contribution in [0.5, 0.6) is 0 Å². The zero-order valence-electron chi connectivity index (χ0n) is 9.63. The molecule has 0 saturated carbocycles. The Hall–Kier alpha value is 0.390. The van der Waals surface area contributed by atoms with Crippen LogP contribution in [0.4, 0.5) is 0 Å². The number of aliphatic carboxylic acids is 1. The minimum Gasteiger partial charge on any atom is -0.481 e. The third kappa shape index (κ3) is 14.4. The molecule has 3 nitrogen and oxygen atoms in total. The lowest BCUT2D eigenvalue weighted by atomic mass is 10.1. The van der Waals surface area contributed by atoms with E-state index < -0.39 is 5.97 Å². The lowest BCUT2D eigenvalue weighted by Crippen LogP contribution is -1.97. The van der Waals surface area contributed by atoms with Crippen LogP contribution in [0, 0.1) is 0 Å². The maximum Gasteiger partial charge on any atom is 0.303 e. The number of carbonyl (C=O) groups is 1. The highest BCUT2D eigenvalue weighted by Crippen LogP contribution is 2.12. The van der Waals surface area contributed by atoms with Crippen LogP contribution in [0.2, 0.25) is 0 Å². The molecule has 0 atom stereocenters. The molecule has 0 heterocycles. The highest BCUT2D eigenvalue weighted by molar-refractivity contribution is 9.21. The molecule has 0 aromatic carbocycles. The van der Waals surface area contributed by atoms with Gasteiger partial charge in [-0.2, -0.15) is 2.95 Å². The van der Waals surface area contributed by atoms with Crippen molar-refractivity contribution in [3.63, 3.8) is 0 Å². The predicted octanol–water partition coefficient (Wildman–Crippen LogP) is 4.50. The topological polar surface area (TPSA) is 40.5 Å². The van der Waals surface area contributed by atoms with Gasteiger partial charge in [-0.3, -0.25) is 4.79 Å². The van der Waals surface area contributed by atoms with Crippen molar-refractivity contribution in [2.45, 2.75) is 57.8 Å². The maximum atomic E-state index is 10.2. The summed E-state index contributed by atoms with van der Waals surface area (Å²) in [7, 11) is 0. The van der Waals surface area contributed by atoms with Crippen molar-refractivity contribution in [1.82, 2.24) is 2.95 Å². The van der Waals surface area contributed by atoms with E-state index in [2.05, 4.69) is 32.3 Å². The van der Waals surface area contributed by atoms with Gasteiger partial charge in [0.05, 0.1) is 0 Å². The molecular formula is C11H21Br2NO2. The van der Waals surface area contributed by atoms with Crippen LogP contribution in [0.1, 0.15) is 57.8 Å². The Bertz CT molecular complexity index is 177. The Kier molecular flexibility index (Phi) is 12.2. The SMILES string of the molecule is O=C(O)CCCCCCCCCCN(Br)Br. The fourth-order valence-corrected chi connectivity index (χ4v) is 2.07. The Morgan fingerprint density at radius 1 is 0.875 bits per heavy atom. The second kappa shape index (κ2) is 11.9. The van der Waals surface area contributed by atoms with E-state index in [1.807, 2.05) is 2.95 Å². The van der Waals surface area contributed by atoms with Gasteiger partial charge in [0.1, 0.15) is 0 Å². The van der Waals surface area contributed by atoms with E-state index in [1.54, 1.807) is 0 Å². The fraction of sp³-hybridized carbons (Fsp3) is 0.909. The van der Waals surface area contributed by atoms with Crippen molar-refractivity contribution in [2.75, 3.05) is 6.54 Å². The molecule has 0 radical (unpaired) electrons. The Balaban J connectivity index is 2.96. The van der Waals surface area contributed by atoms with Gasteiger partial charge in [0, 0.05) is 45.3 Å². The standard InChI is InChI=1S/C11H21Br2NO2/c12-14(13)10-8-6-4-2-1-3-5-7-9-11(15)16/h1-10H2,(H,15,16). The second-order valence-corrected chi connectivity index (χ2v) is 6.66. The number of carboxylic acid groups (broad SMARTS) is 1. The summed E-state index contributed by atoms with van der Waals surface area (Å²) in [4.78, 5) is 10.2. The molecule has 0 aliphatic rings. The molecule has 5 heteroatoms. The minimum atomic E-state index is -0.672. The molecule has 0 aromatic heterocycles. The molecule has 0 bridgehead atoms. The summed E-state index contributed by atoms with van der Waals surface area (Å²) in [6, 6.07) is 0. The zero-order valence-corrected chi connectivity index (χ0v) is 12.8. The van der Waals surface area contributed by atoms with E-state index >= 15 is 0 Å². The van der Waals surface area contributed by atoms with E-state index in [0.717, 1.165) is 19.4 Å². The first kappa shape index (κ1) is 16.4. The van der Waals surface area contributed by atoms with Crippen LogP contribution >= 0.6 is 32.3 Å². The first-order valence-corrected chi connectivity index (χ1v) is 7.35. The quantitative estimate of drug-likeness (QED) is 0.436. The average molecular weight is 359 g/mol. The second-order valence-electron chi connectivity index (χ2n) is 4.00. The van der Waals surface area contributed by atoms with E-state index in [4.69, 9.17) is 5.11 Å². The summed E-state index contributed by atoms with van der Waals surface area (Å²) in [6.45, 7) is 1.03. The molecule has 0 fully saturated rings. The van der Waals surface area contributed by atoms with Gasteiger partial charge in [-0.05, 0) is 12.8 Å². The van der Waals surface area contributed by atoms with E-state index in [9.17, 15) is 4.79 Å². The average Bonchev–Trinajstić information content (AvgIpc) is 2.20. The van der Waals surface area contributed by atoms with Crippen molar-refractivity contribution in [1.29, 1.82) is 0 Å². The number of carboxylic acids is 1. The summed E-state index contributed by atoms with van der Waals surface area (Å²) in [5, 5.41) is 8.45. The molecular weight excluding hydrogens is 338 g/mol. The number of hydrogen-bond donors (Lipinski definition) is 1. The molecule has 0 aliphatic heterocycles. The van der Waals surface area contributed by atoms with Gasteiger partial charge < -0.3 is 5.11 Å². The van der Waals surface area contributed by atoms with Gasteiger partial charge in [-0.1, -0.05) is 38.5 Å². The number of unbranched alkanes of at least 4 members (excludes halogenated alkanes) is 7. The Morgan fingerprint density at radius 2 is 1.31 bits per heavy atom. The molecule has 0 aromatic rings. The van der Waals surface area contributed by atoms with Gasteiger partial charge >= 0.3 is 5.97 Å². The number of hydrogen-bond acceptors (Lipinski definition) is 2. The van der Waals surface area contributed by atoms with Crippen molar-refractivity contribution >= 4 is 38.3 Å². The van der Waals surface area contributed by atoms with Crippen molar-refractivity contribution in [3.8, 4) is 0 Å². The fourth-order valence-electron chi connectivity index (χ4n) is 1.57. The van der Waals surface area contributed by atoms with Gasteiger partial charge in [0.15, 0.2) is 0 Å². The maximum absolute atomic E-state index is 10.2. The zero-order chi connectivity index (χ0) is 12.2. The van der Waals surface area contributed by atoms with Gasteiger partial charge in [-0.25, -0.2) is 0 Å². The first-order valence-electron chi connectivity index (χ1n) is 5.94. The smallest absolute Gasteiger partial charge is 0.303 e. The highest BCUT2D eigenvalue weighted by Gasteiger charge is 1.97. The lowest BCUT2D eigenvalue weighted by molar-refractivity contribution is -0.137. The molecule has 0 saturated heterocycles. The van der Waals surface area contributed by atoms with E-state index in [0.29, 0.717) is 6.42 Å². The summed E-state index contributed by atoms with van der Waals surface area (Å²) in [6.07, 6.45) is 9.66. The van der Waals surface area contributed by atoms with E-state index in [-0.39, 0.29) is 0 Å². The molecule has 16 heavy (non-hydrogen) atoms.